The zero-order chi connectivity index (χ0) is 16.8. The molecule has 0 aliphatic rings. The minimum atomic E-state index is 0.0431. The van der Waals surface area contributed by atoms with Gasteiger partial charge in [-0.05, 0) is 62.2 Å². The summed E-state index contributed by atoms with van der Waals surface area (Å²) in [6.45, 7) is 7.78. The standard InChI is InChI=1S/C19H23BrN2O/c1-4-22(17-7-5-6-14(2)12-17)11-10-19(23)21-18-9-8-16(20)13-15(18)3/h5-9,12-13H,4,10-11H2,1-3H3,(H,21,23). The lowest BCUT2D eigenvalue weighted by Gasteiger charge is -2.23. The number of halogens is 1. The van der Waals surface area contributed by atoms with Crippen LogP contribution >= 0.6 is 15.9 Å². The van der Waals surface area contributed by atoms with E-state index in [1.807, 2.05) is 25.1 Å². The van der Waals surface area contributed by atoms with Gasteiger partial charge in [0.25, 0.3) is 0 Å². The molecule has 0 aromatic heterocycles. The van der Waals surface area contributed by atoms with Crippen LogP contribution in [0.3, 0.4) is 0 Å². The first-order valence-electron chi connectivity index (χ1n) is 7.87. The van der Waals surface area contributed by atoms with E-state index in [4.69, 9.17) is 0 Å². The average Bonchev–Trinajstić information content (AvgIpc) is 2.51. The molecule has 0 saturated heterocycles. The predicted molar refractivity (Wildman–Crippen MR) is 101 cm³/mol. The first kappa shape index (κ1) is 17.5. The summed E-state index contributed by atoms with van der Waals surface area (Å²) in [6.07, 6.45) is 0.470. The van der Waals surface area contributed by atoms with Crippen molar-refractivity contribution in [2.45, 2.75) is 27.2 Å². The summed E-state index contributed by atoms with van der Waals surface area (Å²) in [4.78, 5) is 14.4. The highest BCUT2D eigenvalue weighted by molar-refractivity contribution is 9.10. The van der Waals surface area contributed by atoms with Crippen LogP contribution in [-0.2, 0) is 4.79 Å². The van der Waals surface area contributed by atoms with E-state index in [1.54, 1.807) is 0 Å². The van der Waals surface area contributed by atoms with Crippen molar-refractivity contribution >= 4 is 33.2 Å². The van der Waals surface area contributed by atoms with Crippen molar-refractivity contribution in [3.63, 3.8) is 0 Å². The predicted octanol–water partition coefficient (Wildman–Crippen LogP) is 4.92. The molecule has 0 aliphatic heterocycles. The van der Waals surface area contributed by atoms with E-state index in [0.717, 1.165) is 22.3 Å². The molecule has 2 rings (SSSR count). The lowest BCUT2D eigenvalue weighted by Crippen LogP contribution is -2.27. The molecule has 0 unspecified atom stereocenters. The number of benzene rings is 2. The number of anilines is 2. The Morgan fingerprint density at radius 1 is 1.17 bits per heavy atom. The van der Waals surface area contributed by atoms with Crippen LogP contribution in [-0.4, -0.2) is 19.0 Å². The fourth-order valence-electron chi connectivity index (χ4n) is 2.51. The van der Waals surface area contributed by atoms with E-state index >= 15 is 0 Å². The molecule has 23 heavy (non-hydrogen) atoms. The summed E-state index contributed by atoms with van der Waals surface area (Å²) in [5, 5.41) is 2.99. The second-order valence-electron chi connectivity index (χ2n) is 5.68. The number of hydrogen-bond acceptors (Lipinski definition) is 2. The Kier molecular flexibility index (Phi) is 6.22. The van der Waals surface area contributed by atoms with Crippen LogP contribution in [0, 0.1) is 13.8 Å². The molecule has 0 atom stereocenters. The van der Waals surface area contributed by atoms with Crippen LogP contribution in [0.1, 0.15) is 24.5 Å². The van der Waals surface area contributed by atoms with Crippen LogP contribution in [0.5, 0.6) is 0 Å². The van der Waals surface area contributed by atoms with Gasteiger partial charge in [0.15, 0.2) is 0 Å². The average molecular weight is 375 g/mol. The number of carbonyl (C=O) groups excluding carboxylic acids is 1. The number of hydrogen-bond donors (Lipinski definition) is 1. The lowest BCUT2D eigenvalue weighted by molar-refractivity contribution is -0.116. The highest BCUT2D eigenvalue weighted by Gasteiger charge is 2.09. The van der Waals surface area contributed by atoms with Crippen LogP contribution in [0.25, 0.3) is 0 Å². The van der Waals surface area contributed by atoms with E-state index < -0.39 is 0 Å². The minimum Gasteiger partial charge on any atom is -0.371 e. The van der Waals surface area contributed by atoms with E-state index in [-0.39, 0.29) is 5.91 Å². The van der Waals surface area contributed by atoms with Crippen molar-refractivity contribution in [1.82, 2.24) is 0 Å². The van der Waals surface area contributed by atoms with Gasteiger partial charge >= 0.3 is 0 Å². The molecular formula is C19H23BrN2O. The van der Waals surface area contributed by atoms with Crippen LogP contribution in [0.4, 0.5) is 11.4 Å². The van der Waals surface area contributed by atoms with Gasteiger partial charge in [0.05, 0.1) is 0 Å². The minimum absolute atomic E-state index is 0.0431. The number of aryl methyl sites for hydroxylation is 2. The van der Waals surface area contributed by atoms with Gasteiger partial charge < -0.3 is 10.2 Å². The normalized spacial score (nSPS) is 10.4. The van der Waals surface area contributed by atoms with Gasteiger partial charge in [-0.15, -0.1) is 0 Å². The Bertz CT molecular complexity index is 685. The molecule has 0 aliphatic carbocycles. The molecule has 0 bridgehead atoms. The van der Waals surface area contributed by atoms with Gasteiger partial charge in [0, 0.05) is 35.4 Å². The lowest BCUT2D eigenvalue weighted by atomic mass is 10.2. The van der Waals surface area contributed by atoms with Gasteiger partial charge in [-0.25, -0.2) is 0 Å². The Labute approximate surface area is 146 Å². The molecule has 4 heteroatoms. The number of nitrogens with zero attached hydrogens (tertiary/aromatic N) is 1. The number of rotatable bonds is 6. The van der Waals surface area contributed by atoms with Crippen LogP contribution < -0.4 is 10.2 Å². The molecular weight excluding hydrogens is 352 g/mol. The van der Waals surface area contributed by atoms with Crippen molar-refractivity contribution in [2.24, 2.45) is 0 Å². The summed E-state index contributed by atoms with van der Waals surface area (Å²) in [6, 6.07) is 14.2. The van der Waals surface area contributed by atoms with Gasteiger partial charge in [-0.3, -0.25) is 4.79 Å². The van der Waals surface area contributed by atoms with Crippen molar-refractivity contribution in [3.05, 3.63) is 58.1 Å². The number of carbonyl (C=O) groups is 1. The molecule has 0 radical (unpaired) electrons. The van der Waals surface area contributed by atoms with E-state index in [2.05, 4.69) is 64.3 Å². The summed E-state index contributed by atoms with van der Waals surface area (Å²) >= 11 is 3.43. The maximum Gasteiger partial charge on any atom is 0.226 e. The number of amides is 1. The summed E-state index contributed by atoms with van der Waals surface area (Å²) in [7, 11) is 0. The second kappa shape index (κ2) is 8.16. The summed E-state index contributed by atoms with van der Waals surface area (Å²) < 4.78 is 1.02. The van der Waals surface area contributed by atoms with Gasteiger partial charge in [-0.2, -0.15) is 0 Å². The van der Waals surface area contributed by atoms with Gasteiger partial charge in [0.2, 0.25) is 5.91 Å². The zero-order valence-corrected chi connectivity index (χ0v) is 15.5. The zero-order valence-electron chi connectivity index (χ0n) is 13.9. The molecule has 0 fully saturated rings. The quantitative estimate of drug-likeness (QED) is 0.777. The Hall–Kier alpha value is -1.81. The van der Waals surface area contributed by atoms with Crippen molar-refractivity contribution in [3.8, 4) is 0 Å². The molecule has 0 heterocycles. The molecule has 0 spiro atoms. The largest absolute Gasteiger partial charge is 0.371 e. The van der Waals surface area contributed by atoms with Crippen LogP contribution in [0.2, 0.25) is 0 Å². The Morgan fingerprint density at radius 2 is 1.96 bits per heavy atom. The van der Waals surface area contributed by atoms with Gasteiger partial charge in [0.1, 0.15) is 0 Å². The fourth-order valence-corrected chi connectivity index (χ4v) is 2.99. The van der Waals surface area contributed by atoms with Crippen molar-refractivity contribution in [1.29, 1.82) is 0 Å². The monoisotopic (exact) mass is 374 g/mol. The molecule has 1 amide bonds. The van der Waals surface area contributed by atoms with Crippen LogP contribution in [0.15, 0.2) is 46.9 Å². The highest BCUT2D eigenvalue weighted by Crippen LogP contribution is 2.20. The van der Waals surface area contributed by atoms with E-state index in [0.29, 0.717) is 13.0 Å². The molecule has 2 aromatic carbocycles. The Morgan fingerprint density at radius 3 is 2.61 bits per heavy atom. The first-order valence-corrected chi connectivity index (χ1v) is 8.66. The van der Waals surface area contributed by atoms with Crippen molar-refractivity contribution < 1.29 is 4.79 Å². The van der Waals surface area contributed by atoms with Crippen molar-refractivity contribution in [2.75, 3.05) is 23.3 Å². The van der Waals surface area contributed by atoms with Gasteiger partial charge in [-0.1, -0.05) is 28.1 Å². The first-order chi connectivity index (χ1) is 11.0. The third kappa shape index (κ3) is 5.10. The maximum absolute atomic E-state index is 12.2. The molecule has 2 aromatic rings. The maximum atomic E-state index is 12.2. The summed E-state index contributed by atoms with van der Waals surface area (Å²) in [5.41, 5.74) is 4.33. The third-order valence-corrected chi connectivity index (χ3v) is 4.31. The third-order valence-electron chi connectivity index (χ3n) is 3.82. The highest BCUT2D eigenvalue weighted by atomic mass is 79.9. The van der Waals surface area contributed by atoms with E-state index in [1.165, 1.54) is 11.3 Å². The smallest absolute Gasteiger partial charge is 0.226 e. The molecule has 0 saturated carbocycles. The fraction of sp³-hybridized carbons (Fsp3) is 0.316. The topological polar surface area (TPSA) is 32.3 Å². The van der Waals surface area contributed by atoms with E-state index in [9.17, 15) is 4.79 Å². The summed E-state index contributed by atoms with van der Waals surface area (Å²) in [5.74, 6) is 0.0431. The molecule has 3 nitrogen and oxygen atoms in total. The number of nitrogens with one attached hydrogen (secondary N) is 1. The SMILES string of the molecule is CCN(CCC(=O)Nc1ccc(Br)cc1C)c1cccc(C)c1. The molecule has 122 valence electrons. The Balaban J connectivity index is 1.94. The second-order valence-corrected chi connectivity index (χ2v) is 6.59. The molecule has 1 N–H and O–H groups in total.